The van der Waals surface area contributed by atoms with Crippen molar-refractivity contribution in [1.29, 1.82) is 0 Å². The van der Waals surface area contributed by atoms with Gasteiger partial charge in [-0.1, -0.05) is 0 Å². The molecule has 1 aliphatic heterocycles. The zero-order valence-corrected chi connectivity index (χ0v) is 5.77. The van der Waals surface area contributed by atoms with E-state index in [9.17, 15) is 13.2 Å². The molecule has 0 saturated heterocycles. The Morgan fingerprint density at radius 1 is 1.64 bits per heavy atom. The van der Waals surface area contributed by atoms with E-state index in [1.807, 2.05) is 0 Å². The fraction of sp³-hybridized carbons (Fsp3) is 0.600. The monoisotopic (exact) mass is 168 g/mol. The lowest BCUT2D eigenvalue weighted by Crippen LogP contribution is -2.24. The van der Waals surface area contributed by atoms with Crippen LogP contribution >= 0.6 is 0 Å². The van der Waals surface area contributed by atoms with Crippen LogP contribution in [0.25, 0.3) is 0 Å². The third-order valence-corrected chi connectivity index (χ3v) is 1.09. The van der Waals surface area contributed by atoms with Gasteiger partial charge < -0.3 is 9.75 Å². The molecular formula is C5H7F3N2O. The lowest BCUT2D eigenvalue weighted by Gasteiger charge is -2.07. The molecule has 0 amide bonds. The summed E-state index contributed by atoms with van der Waals surface area (Å²) in [5, 5.41) is 1.40. The smallest absolute Gasteiger partial charge is 0.407 e. The molecule has 64 valence electrons. The molecule has 0 aliphatic carbocycles. The van der Waals surface area contributed by atoms with E-state index in [4.69, 9.17) is 0 Å². The number of ether oxygens (including phenoxy) is 1. The molecule has 11 heavy (non-hydrogen) atoms. The van der Waals surface area contributed by atoms with E-state index in [-0.39, 0.29) is 12.3 Å². The maximum absolute atomic E-state index is 11.5. The average molecular weight is 168 g/mol. The van der Waals surface area contributed by atoms with Crippen LogP contribution in [0.5, 0.6) is 0 Å². The molecule has 0 bridgehead atoms. The molecule has 1 N–H and O–H groups in total. The second-order valence-electron chi connectivity index (χ2n) is 2.09. The van der Waals surface area contributed by atoms with Crippen LogP contribution in [0.15, 0.2) is 12.0 Å². The standard InChI is InChI=1S/C5H7F3N2O/c1-10-3-4(2-9-10)11-5(6,7)8/h3,9H,2H2,1H3. The van der Waals surface area contributed by atoms with Gasteiger partial charge in [0.2, 0.25) is 0 Å². The van der Waals surface area contributed by atoms with E-state index in [1.54, 1.807) is 7.05 Å². The minimum Gasteiger partial charge on any atom is -0.407 e. The number of rotatable bonds is 1. The zero-order valence-electron chi connectivity index (χ0n) is 5.77. The van der Waals surface area contributed by atoms with Crippen molar-refractivity contribution >= 4 is 0 Å². The van der Waals surface area contributed by atoms with Gasteiger partial charge in [-0.15, -0.1) is 13.2 Å². The Hall–Kier alpha value is -0.910. The van der Waals surface area contributed by atoms with Crippen molar-refractivity contribution in [2.24, 2.45) is 0 Å². The number of hydrazine groups is 1. The first-order valence-electron chi connectivity index (χ1n) is 2.90. The van der Waals surface area contributed by atoms with Crippen LogP contribution in [0.4, 0.5) is 13.2 Å². The van der Waals surface area contributed by atoms with Gasteiger partial charge in [-0.2, -0.15) is 0 Å². The minimum absolute atomic E-state index is 0.0794. The molecule has 0 radical (unpaired) electrons. The quantitative estimate of drug-likeness (QED) is 0.627. The number of halogens is 3. The number of hydrogen-bond acceptors (Lipinski definition) is 3. The third kappa shape index (κ3) is 2.67. The molecule has 0 fully saturated rings. The summed E-state index contributed by atoms with van der Waals surface area (Å²) in [7, 11) is 1.59. The van der Waals surface area contributed by atoms with Crippen LogP contribution < -0.4 is 5.43 Å². The van der Waals surface area contributed by atoms with Crippen molar-refractivity contribution in [2.75, 3.05) is 13.6 Å². The van der Waals surface area contributed by atoms with Gasteiger partial charge in [-0.3, -0.25) is 0 Å². The molecule has 0 atom stereocenters. The Morgan fingerprint density at radius 3 is 2.64 bits per heavy atom. The van der Waals surface area contributed by atoms with Gasteiger partial charge in [0, 0.05) is 7.05 Å². The molecule has 0 aromatic heterocycles. The third-order valence-electron chi connectivity index (χ3n) is 1.09. The molecule has 0 unspecified atom stereocenters. The van der Waals surface area contributed by atoms with Crippen LogP contribution in [0.3, 0.4) is 0 Å². The topological polar surface area (TPSA) is 24.5 Å². The molecule has 1 aliphatic rings. The molecule has 3 nitrogen and oxygen atoms in total. The first-order chi connectivity index (χ1) is 4.97. The van der Waals surface area contributed by atoms with E-state index in [2.05, 4.69) is 10.2 Å². The lowest BCUT2D eigenvalue weighted by atomic mass is 10.6. The van der Waals surface area contributed by atoms with Crippen LogP contribution in [0.2, 0.25) is 0 Å². The fourth-order valence-electron chi connectivity index (χ4n) is 0.721. The summed E-state index contributed by atoms with van der Waals surface area (Å²) in [5.41, 5.74) is 2.61. The number of nitrogens with one attached hydrogen (secondary N) is 1. The number of alkyl halides is 3. The van der Waals surface area contributed by atoms with Gasteiger partial charge >= 0.3 is 6.36 Å². The first-order valence-corrected chi connectivity index (χ1v) is 2.90. The summed E-state index contributed by atoms with van der Waals surface area (Å²) in [5.74, 6) is -0.125. The van der Waals surface area contributed by atoms with E-state index in [1.165, 1.54) is 11.2 Å². The summed E-state index contributed by atoms with van der Waals surface area (Å²) in [6.07, 6.45) is -3.34. The molecule has 1 rings (SSSR count). The van der Waals surface area contributed by atoms with Gasteiger partial charge in [0.05, 0.1) is 12.7 Å². The summed E-state index contributed by atoms with van der Waals surface area (Å²) in [6, 6.07) is 0. The Balaban J connectivity index is 2.45. The Bertz CT molecular complexity index is 177. The van der Waals surface area contributed by atoms with Crippen LogP contribution in [0.1, 0.15) is 0 Å². The number of nitrogens with zero attached hydrogens (tertiary/aromatic N) is 1. The second-order valence-corrected chi connectivity index (χ2v) is 2.09. The highest BCUT2D eigenvalue weighted by molar-refractivity contribution is 4.99. The first kappa shape index (κ1) is 8.19. The van der Waals surface area contributed by atoms with Crippen molar-refractivity contribution in [2.45, 2.75) is 6.36 Å². The van der Waals surface area contributed by atoms with Crippen molar-refractivity contribution in [1.82, 2.24) is 10.4 Å². The average Bonchev–Trinajstić information content (AvgIpc) is 2.10. The second kappa shape index (κ2) is 2.61. The van der Waals surface area contributed by atoms with Crippen molar-refractivity contribution in [3.63, 3.8) is 0 Å². The highest BCUT2D eigenvalue weighted by Crippen LogP contribution is 2.21. The van der Waals surface area contributed by atoms with Gasteiger partial charge in [0.15, 0.2) is 0 Å². The Labute approximate surface area is 61.4 Å². The van der Waals surface area contributed by atoms with E-state index >= 15 is 0 Å². The molecule has 0 aromatic rings. The van der Waals surface area contributed by atoms with Gasteiger partial charge in [-0.25, -0.2) is 5.43 Å². The zero-order chi connectivity index (χ0) is 8.48. The highest BCUT2D eigenvalue weighted by Gasteiger charge is 2.33. The van der Waals surface area contributed by atoms with E-state index in [0.717, 1.165) is 0 Å². The maximum atomic E-state index is 11.5. The van der Waals surface area contributed by atoms with Crippen molar-refractivity contribution in [3.8, 4) is 0 Å². The van der Waals surface area contributed by atoms with Crippen LogP contribution in [-0.4, -0.2) is 25.0 Å². The van der Waals surface area contributed by atoms with Gasteiger partial charge in [0.1, 0.15) is 5.76 Å². The van der Waals surface area contributed by atoms with Gasteiger partial charge in [0.25, 0.3) is 0 Å². The van der Waals surface area contributed by atoms with Crippen molar-refractivity contribution < 1.29 is 17.9 Å². The predicted molar refractivity (Wildman–Crippen MR) is 31.0 cm³/mol. The largest absolute Gasteiger partial charge is 0.572 e. The molecule has 0 aromatic carbocycles. The normalized spacial score (nSPS) is 18.5. The molecular weight excluding hydrogens is 161 g/mol. The molecule has 1 heterocycles. The van der Waals surface area contributed by atoms with Crippen LogP contribution in [-0.2, 0) is 4.74 Å². The fourth-order valence-corrected chi connectivity index (χ4v) is 0.721. The number of hydrogen-bond donors (Lipinski definition) is 1. The predicted octanol–water partition coefficient (Wildman–Crippen LogP) is 0.814. The molecule has 0 spiro atoms. The molecule has 0 saturated carbocycles. The summed E-state index contributed by atoms with van der Waals surface area (Å²) >= 11 is 0. The summed E-state index contributed by atoms with van der Waals surface area (Å²) in [4.78, 5) is 0. The van der Waals surface area contributed by atoms with Gasteiger partial charge in [-0.05, 0) is 0 Å². The summed E-state index contributed by atoms with van der Waals surface area (Å²) < 4.78 is 38.2. The van der Waals surface area contributed by atoms with Crippen LogP contribution in [0, 0.1) is 0 Å². The van der Waals surface area contributed by atoms with E-state index < -0.39 is 6.36 Å². The Kier molecular flexibility index (Phi) is 1.95. The minimum atomic E-state index is -4.58. The SMILES string of the molecule is CN1C=C(OC(F)(F)F)CN1. The highest BCUT2D eigenvalue weighted by atomic mass is 19.4. The maximum Gasteiger partial charge on any atom is 0.572 e. The van der Waals surface area contributed by atoms with E-state index in [0.29, 0.717) is 0 Å². The molecule has 6 heteroatoms. The Morgan fingerprint density at radius 2 is 2.27 bits per heavy atom. The summed E-state index contributed by atoms with van der Waals surface area (Å²) in [6.45, 7) is 0.0794. The van der Waals surface area contributed by atoms with Crippen molar-refractivity contribution in [3.05, 3.63) is 12.0 Å². The lowest BCUT2D eigenvalue weighted by molar-refractivity contribution is -0.305.